The van der Waals surface area contributed by atoms with Gasteiger partial charge in [-0.15, -0.1) is 0 Å². The van der Waals surface area contributed by atoms with Crippen molar-refractivity contribution in [3.63, 3.8) is 0 Å². The monoisotopic (exact) mass is 406 g/mol. The molecule has 0 aliphatic heterocycles. The summed E-state index contributed by atoms with van der Waals surface area (Å²) in [6.45, 7) is -0.563. The quantitative estimate of drug-likeness (QED) is 0.275. The zero-order chi connectivity index (χ0) is 21.5. The van der Waals surface area contributed by atoms with E-state index in [4.69, 9.17) is 9.47 Å². The van der Waals surface area contributed by atoms with E-state index in [0.717, 1.165) is 22.1 Å². The smallest absolute Gasteiger partial charge is 0.331 e. The second-order valence-electron chi connectivity index (χ2n) is 6.24. The van der Waals surface area contributed by atoms with Crippen LogP contribution < -0.4 is 10.1 Å². The second kappa shape index (κ2) is 9.33. The van der Waals surface area contributed by atoms with Crippen molar-refractivity contribution in [2.24, 2.45) is 0 Å². The number of para-hydroxylation sites is 2. The van der Waals surface area contributed by atoms with Crippen LogP contribution in [0.3, 0.4) is 0 Å². The van der Waals surface area contributed by atoms with E-state index in [0.29, 0.717) is 0 Å². The number of esters is 1. The molecule has 1 amide bonds. The maximum absolute atomic E-state index is 11.9. The number of nitrogens with zero attached hydrogens (tertiary/aromatic N) is 1. The molecule has 0 saturated heterocycles. The van der Waals surface area contributed by atoms with Gasteiger partial charge in [0, 0.05) is 12.1 Å². The van der Waals surface area contributed by atoms with E-state index in [2.05, 4.69) is 5.32 Å². The van der Waals surface area contributed by atoms with Crippen LogP contribution in [-0.2, 0) is 14.3 Å². The highest BCUT2D eigenvalue weighted by Crippen LogP contribution is 2.23. The van der Waals surface area contributed by atoms with Gasteiger partial charge in [0.2, 0.25) is 0 Å². The lowest BCUT2D eigenvalue weighted by atomic mass is 10.1. The zero-order valence-electron chi connectivity index (χ0n) is 16.0. The number of methoxy groups -OCH3 is 1. The lowest BCUT2D eigenvalue weighted by Gasteiger charge is -2.06. The van der Waals surface area contributed by atoms with E-state index in [1.54, 1.807) is 19.3 Å². The van der Waals surface area contributed by atoms with Gasteiger partial charge >= 0.3 is 5.97 Å². The molecule has 3 rings (SSSR count). The van der Waals surface area contributed by atoms with Gasteiger partial charge in [-0.05, 0) is 46.7 Å². The fraction of sp³-hybridized carbons (Fsp3) is 0.0909. The Morgan fingerprint density at radius 3 is 2.57 bits per heavy atom. The van der Waals surface area contributed by atoms with Crippen molar-refractivity contribution >= 4 is 40.1 Å². The minimum atomic E-state index is -0.706. The molecular weight excluding hydrogens is 388 g/mol. The van der Waals surface area contributed by atoms with Crippen molar-refractivity contribution in [3.05, 3.63) is 82.4 Å². The first-order valence-electron chi connectivity index (χ1n) is 8.92. The molecule has 8 heteroatoms. The number of carbonyl (C=O) groups excluding carboxylic acids is 2. The summed E-state index contributed by atoms with van der Waals surface area (Å²) in [7, 11) is 1.60. The topological polar surface area (TPSA) is 108 Å². The van der Waals surface area contributed by atoms with Crippen LogP contribution in [0.15, 0.2) is 66.7 Å². The first-order chi connectivity index (χ1) is 14.5. The summed E-state index contributed by atoms with van der Waals surface area (Å²) in [6, 6.07) is 17.0. The third kappa shape index (κ3) is 5.20. The summed E-state index contributed by atoms with van der Waals surface area (Å²) >= 11 is 0. The number of ether oxygens (including phenoxy) is 2. The molecule has 0 heterocycles. The van der Waals surface area contributed by atoms with E-state index in [9.17, 15) is 19.7 Å². The number of hydrogen-bond acceptors (Lipinski definition) is 6. The average molecular weight is 406 g/mol. The molecule has 0 aromatic heterocycles. The van der Waals surface area contributed by atoms with E-state index in [1.165, 1.54) is 24.3 Å². The molecule has 0 fully saturated rings. The molecule has 0 spiro atoms. The number of benzene rings is 3. The molecule has 0 aliphatic carbocycles. The Balaban J connectivity index is 1.56. The molecule has 0 aliphatic rings. The number of nitrogens with one attached hydrogen (secondary N) is 1. The fourth-order valence-corrected chi connectivity index (χ4v) is 2.75. The molecule has 0 unspecified atom stereocenters. The lowest BCUT2D eigenvalue weighted by Crippen LogP contribution is -2.20. The number of carbonyl (C=O) groups is 2. The molecule has 152 valence electrons. The van der Waals surface area contributed by atoms with Gasteiger partial charge in [-0.2, -0.15) is 0 Å². The van der Waals surface area contributed by atoms with Crippen molar-refractivity contribution in [1.29, 1.82) is 0 Å². The molecule has 1 N–H and O–H groups in total. The normalized spacial score (nSPS) is 10.7. The number of nitro groups is 1. The van der Waals surface area contributed by atoms with Crippen molar-refractivity contribution < 1.29 is 24.0 Å². The van der Waals surface area contributed by atoms with Crippen molar-refractivity contribution in [3.8, 4) is 5.75 Å². The maximum Gasteiger partial charge on any atom is 0.331 e. The Hall–Kier alpha value is -4.20. The third-order valence-electron chi connectivity index (χ3n) is 4.20. The van der Waals surface area contributed by atoms with Gasteiger partial charge in [-0.1, -0.05) is 30.3 Å². The van der Waals surface area contributed by atoms with Crippen LogP contribution >= 0.6 is 0 Å². The highest BCUT2D eigenvalue weighted by molar-refractivity contribution is 5.96. The van der Waals surface area contributed by atoms with Gasteiger partial charge in [-0.3, -0.25) is 14.9 Å². The van der Waals surface area contributed by atoms with Gasteiger partial charge in [0.25, 0.3) is 11.6 Å². The highest BCUT2D eigenvalue weighted by atomic mass is 16.6. The Morgan fingerprint density at radius 2 is 1.80 bits per heavy atom. The molecule has 0 radical (unpaired) electrons. The Morgan fingerprint density at radius 1 is 1.07 bits per heavy atom. The fourth-order valence-electron chi connectivity index (χ4n) is 2.75. The van der Waals surface area contributed by atoms with Gasteiger partial charge in [0.05, 0.1) is 12.0 Å². The molecule has 30 heavy (non-hydrogen) atoms. The maximum atomic E-state index is 11.9. The van der Waals surface area contributed by atoms with E-state index in [1.807, 2.05) is 36.4 Å². The summed E-state index contributed by atoms with van der Waals surface area (Å²) in [4.78, 5) is 34.2. The van der Waals surface area contributed by atoms with Crippen LogP contribution in [0.1, 0.15) is 5.56 Å². The van der Waals surface area contributed by atoms with Crippen molar-refractivity contribution in [2.45, 2.75) is 0 Å². The minimum Gasteiger partial charge on any atom is -0.497 e. The predicted octanol–water partition coefficient (Wildman–Crippen LogP) is 3.95. The van der Waals surface area contributed by atoms with Gasteiger partial charge in [0.15, 0.2) is 6.61 Å². The van der Waals surface area contributed by atoms with Gasteiger partial charge < -0.3 is 14.8 Å². The summed E-state index contributed by atoms with van der Waals surface area (Å²) in [5.41, 5.74) is 0.576. The first-order valence-corrected chi connectivity index (χ1v) is 8.92. The first kappa shape index (κ1) is 20.5. The number of rotatable bonds is 7. The van der Waals surface area contributed by atoms with E-state index in [-0.39, 0.29) is 11.4 Å². The molecule has 0 bridgehead atoms. The van der Waals surface area contributed by atoms with Gasteiger partial charge in [0.1, 0.15) is 11.4 Å². The largest absolute Gasteiger partial charge is 0.497 e. The van der Waals surface area contributed by atoms with Crippen LogP contribution in [0, 0.1) is 10.1 Å². The van der Waals surface area contributed by atoms with Gasteiger partial charge in [-0.25, -0.2) is 4.79 Å². The molecule has 0 atom stereocenters. The average Bonchev–Trinajstić information content (AvgIpc) is 2.76. The van der Waals surface area contributed by atoms with Crippen molar-refractivity contribution in [2.75, 3.05) is 19.0 Å². The number of hydrogen-bond donors (Lipinski definition) is 1. The molecule has 0 saturated carbocycles. The van der Waals surface area contributed by atoms with Crippen LogP contribution in [0.4, 0.5) is 11.4 Å². The molecule has 3 aromatic rings. The van der Waals surface area contributed by atoms with Crippen LogP contribution in [0.2, 0.25) is 0 Å². The Bertz CT molecular complexity index is 1140. The standard InChI is InChI=1S/C22H18N2O6/c1-29-18-10-9-16-12-15(6-8-17(16)13-18)7-11-22(26)30-14-21(25)23-19-4-2-3-5-20(19)24(27)28/h2-13H,14H2,1H3,(H,23,25)/b11-7+. The minimum absolute atomic E-state index is 0.0342. The number of nitro benzene ring substituents is 1. The molecule has 8 nitrogen and oxygen atoms in total. The predicted molar refractivity (Wildman–Crippen MR) is 112 cm³/mol. The zero-order valence-corrected chi connectivity index (χ0v) is 16.0. The lowest BCUT2D eigenvalue weighted by molar-refractivity contribution is -0.383. The highest BCUT2D eigenvalue weighted by Gasteiger charge is 2.15. The summed E-state index contributed by atoms with van der Waals surface area (Å²) in [6.07, 6.45) is 2.79. The van der Waals surface area contributed by atoms with E-state index < -0.39 is 23.4 Å². The van der Waals surface area contributed by atoms with Crippen molar-refractivity contribution in [1.82, 2.24) is 0 Å². The summed E-state index contributed by atoms with van der Waals surface area (Å²) < 4.78 is 10.1. The molecule has 3 aromatic carbocycles. The number of fused-ring (bicyclic) bond motifs is 1. The Kier molecular flexibility index (Phi) is 6.39. The molecular formula is C22H18N2O6. The van der Waals surface area contributed by atoms with Crippen LogP contribution in [0.5, 0.6) is 5.75 Å². The SMILES string of the molecule is COc1ccc2cc(/C=C/C(=O)OCC(=O)Nc3ccccc3[N+](=O)[O-])ccc2c1. The summed E-state index contributed by atoms with van der Waals surface area (Å²) in [5.74, 6) is -0.623. The van der Waals surface area contributed by atoms with Crippen LogP contribution in [-0.4, -0.2) is 30.5 Å². The second-order valence-corrected chi connectivity index (χ2v) is 6.24. The Labute approximate surface area is 171 Å². The van der Waals surface area contributed by atoms with E-state index >= 15 is 0 Å². The summed E-state index contributed by atoms with van der Waals surface area (Å²) in [5, 5.41) is 15.3. The van der Waals surface area contributed by atoms with Crippen LogP contribution in [0.25, 0.3) is 16.8 Å². The number of anilines is 1. The third-order valence-corrected chi connectivity index (χ3v) is 4.20. The number of amides is 1.